The van der Waals surface area contributed by atoms with E-state index in [1.54, 1.807) is 4.68 Å². The number of hydrogen-bond acceptors (Lipinski definition) is 4. The van der Waals surface area contributed by atoms with Crippen LogP contribution in [0.2, 0.25) is 0 Å². The average molecular weight is 337 g/mol. The number of amides is 1. The molecule has 0 saturated heterocycles. The summed E-state index contributed by atoms with van der Waals surface area (Å²) in [4.78, 5) is 21.9. The number of benzene rings is 1. The maximum absolute atomic E-state index is 13.0. The van der Waals surface area contributed by atoms with Crippen LogP contribution in [0.15, 0.2) is 24.5 Å². The van der Waals surface area contributed by atoms with E-state index in [0.29, 0.717) is 5.56 Å². The second-order valence-electron chi connectivity index (χ2n) is 6.39. The van der Waals surface area contributed by atoms with Crippen LogP contribution in [0.4, 0.5) is 0 Å². The lowest BCUT2D eigenvalue weighted by atomic mass is 10.0. The number of hydrogen-bond donors (Lipinski definition) is 1. The lowest BCUT2D eigenvalue weighted by molar-refractivity contribution is 0.0934. The Hall–Kier alpha value is -2.76. The highest BCUT2D eigenvalue weighted by Crippen LogP contribution is 2.25. The third kappa shape index (κ3) is 3.12. The minimum atomic E-state index is -0.185. The van der Waals surface area contributed by atoms with Crippen molar-refractivity contribution in [1.29, 1.82) is 0 Å². The molecule has 3 rings (SSSR count). The first-order chi connectivity index (χ1) is 11.9. The maximum atomic E-state index is 13.0. The van der Waals surface area contributed by atoms with Crippen molar-refractivity contribution >= 4 is 16.8 Å². The van der Waals surface area contributed by atoms with Gasteiger partial charge in [-0.15, -0.1) is 0 Å². The number of pyridine rings is 1. The highest BCUT2D eigenvalue weighted by molar-refractivity contribution is 6.07. The van der Waals surface area contributed by atoms with Gasteiger partial charge in [0, 0.05) is 18.1 Å². The molecule has 0 spiro atoms. The molecule has 0 fully saturated rings. The SMILES string of the molecule is CC[C@@H](NC(=O)c1cc(C)nc2c(C)c(C)ccc12)c1ncnn1C. The third-order valence-corrected chi connectivity index (χ3v) is 4.65. The Morgan fingerprint density at radius 2 is 2.04 bits per heavy atom. The zero-order valence-corrected chi connectivity index (χ0v) is 15.3. The molecule has 6 heteroatoms. The van der Waals surface area contributed by atoms with Gasteiger partial charge in [0.1, 0.15) is 12.2 Å². The van der Waals surface area contributed by atoms with Gasteiger partial charge in [0.25, 0.3) is 5.91 Å². The molecule has 0 bridgehead atoms. The summed E-state index contributed by atoms with van der Waals surface area (Å²) in [6.45, 7) is 8.03. The Balaban J connectivity index is 2.02. The maximum Gasteiger partial charge on any atom is 0.252 e. The number of rotatable bonds is 4. The Morgan fingerprint density at radius 1 is 1.28 bits per heavy atom. The van der Waals surface area contributed by atoms with E-state index >= 15 is 0 Å². The molecule has 6 nitrogen and oxygen atoms in total. The quantitative estimate of drug-likeness (QED) is 0.793. The molecule has 0 unspecified atom stereocenters. The number of nitrogens with one attached hydrogen (secondary N) is 1. The van der Waals surface area contributed by atoms with E-state index in [0.717, 1.165) is 34.4 Å². The molecule has 0 aliphatic carbocycles. The lowest BCUT2D eigenvalue weighted by Crippen LogP contribution is -2.30. The molecule has 0 aliphatic rings. The van der Waals surface area contributed by atoms with Crippen molar-refractivity contribution < 1.29 is 4.79 Å². The highest BCUT2D eigenvalue weighted by atomic mass is 16.1. The Bertz CT molecular complexity index is 944. The molecule has 2 aromatic heterocycles. The van der Waals surface area contributed by atoms with Gasteiger partial charge in [-0.25, -0.2) is 4.98 Å². The molecule has 25 heavy (non-hydrogen) atoms. The fourth-order valence-electron chi connectivity index (χ4n) is 3.05. The summed E-state index contributed by atoms with van der Waals surface area (Å²) in [5.41, 5.74) is 4.64. The summed E-state index contributed by atoms with van der Waals surface area (Å²) in [6.07, 6.45) is 2.24. The van der Waals surface area contributed by atoms with E-state index in [1.165, 1.54) is 11.9 Å². The smallest absolute Gasteiger partial charge is 0.252 e. The number of fused-ring (bicyclic) bond motifs is 1. The van der Waals surface area contributed by atoms with Crippen molar-refractivity contribution in [2.24, 2.45) is 7.05 Å². The fourth-order valence-corrected chi connectivity index (χ4v) is 3.05. The molecule has 1 aromatic carbocycles. The van der Waals surface area contributed by atoms with Crippen LogP contribution in [-0.4, -0.2) is 25.7 Å². The topological polar surface area (TPSA) is 72.7 Å². The van der Waals surface area contributed by atoms with Crippen LogP contribution in [0.25, 0.3) is 10.9 Å². The molecular weight excluding hydrogens is 314 g/mol. The van der Waals surface area contributed by atoms with E-state index in [4.69, 9.17) is 0 Å². The monoisotopic (exact) mass is 337 g/mol. The van der Waals surface area contributed by atoms with E-state index in [-0.39, 0.29) is 11.9 Å². The minimum absolute atomic E-state index is 0.117. The molecule has 0 radical (unpaired) electrons. The van der Waals surface area contributed by atoms with Gasteiger partial charge in [-0.05, 0) is 44.4 Å². The zero-order chi connectivity index (χ0) is 18.1. The van der Waals surface area contributed by atoms with Crippen molar-refractivity contribution in [3.8, 4) is 0 Å². The van der Waals surface area contributed by atoms with Crippen LogP contribution < -0.4 is 5.32 Å². The first kappa shape index (κ1) is 17.1. The highest BCUT2D eigenvalue weighted by Gasteiger charge is 2.20. The van der Waals surface area contributed by atoms with Gasteiger partial charge in [-0.2, -0.15) is 5.10 Å². The molecule has 0 aliphatic heterocycles. The van der Waals surface area contributed by atoms with E-state index in [2.05, 4.69) is 27.3 Å². The molecule has 1 atom stereocenters. The average Bonchev–Trinajstić information content (AvgIpc) is 3.01. The van der Waals surface area contributed by atoms with Gasteiger partial charge in [0.05, 0.1) is 17.1 Å². The van der Waals surface area contributed by atoms with Crippen molar-refractivity contribution in [2.45, 2.75) is 40.2 Å². The first-order valence-electron chi connectivity index (χ1n) is 8.44. The lowest BCUT2D eigenvalue weighted by Gasteiger charge is -2.17. The Kier molecular flexibility index (Phi) is 4.53. The van der Waals surface area contributed by atoms with Crippen LogP contribution in [0.5, 0.6) is 0 Å². The molecule has 1 N–H and O–H groups in total. The molecule has 2 heterocycles. The fraction of sp³-hybridized carbons (Fsp3) is 0.368. The van der Waals surface area contributed by atoms with Gasteiger partial charge in [0.2, 0.25) is 0 Å². The molecule has 130 valence electrons. The van der Waals surface area contributed by atoms with Crippen molar-refractivity contribution in [3.63, 3.8) is 0 Å². The second kappa shape index (κ2) is 6.63. The van der Waals surface area contributed by atoms with E-state index in [9.17, 15) is 4.79 Å². The van der Waals surface area contributed by atoms with Crippen molar-refractivity contribution in [1.82, 2.24) is 25.1 Å². The number of aryl methyl sites for hydroxylation is 4. The van der Waals surface area contributed by atoms with Crippen LogP contribution in [-0.2, 0) is 7.05 Å². The summed E-state index contributed by atoms with van der Waals surface area (Å²) in [7, 11) is 1.83. The predicted octanol–water partition coefficient (Wildman–Crippen LogP) is 3.17. The van der Waals surface area contributed by atoms with Crippen molar-refractivity contribution in [2.75, 3.05) is 0 Å². The minimum Gasteiger partial charge on any atom is -0.342 e. The number of carbonyl (C=O) groups excluding carboxylic acids is 1. The number of carbonyl (C=O) groups is 1. The predicted molar refractivity (Wildman–Crippen MR) is 97.5 cm³/mol. The van der Waals surface area contributed by atoms with Gasteiger partial charge in [0.15, 0.2) is 0 Å². The standard InChI is InChI=1S/C19H23N5O/c1-6-16(18-20-10-21-24(18)5)23-19(25)15-9-12(3)22-17-13(4)11(2)7-8-14(15)17/h7-10,16H,6H2,1-5H3,(H,23,25)/t16-/m1/s1. The normalized spacial score (nSPS) is 12.4. The summed E-state index contributed by atoms with van der Waals surface area (Å²) in [6, 6.07) is 5.67. The zero-order valence-electron chi connectivity index (χ0n) is 15.3. The van der Waals surface area contributed by atoms with Crippen LogP contribution in [0, 0.1) is 20.8 Å². The molecule has 0 saturated carbocycles. The van der Waals surface area contributed by atoms with Gasteiger partial charge >= 0.3 is 0 Å². The summed E-state index contributed by atoms with van der Waals surface area (Å²) >= 11 is 0. The van der Waals surface area contributed by atoms with Gasteiger partial charge < -0.3 is 5.32 Å². The van der Waals surface area contributed by atoms with Crippen molar-refractivity contribution in [3.05, 3.63) is 52.7 Å². The molecule has 1 amide bonds. The summed E-state index contributed by atoms with van der Waals surface area (Å²) < 4.78 is 1.69. The van der Waals surface area contributed by atoms with Gasteiger partial charge in [-0.3, -0.25) is 14.5 Å². The Labute approximate surface area is 147 Å². The molecular formula is C19H23N5O. The number of aromatic nitrogens is 4. The summed E-state index contributed by atoms with van der Waals surface area (Å²) in [5.74, 6) is 0.631. The Morgan fingerprint density at radius 3 is 2.68 bits per heavy atom. The van der Waals surface area contributed by atoms with Crippen LogP contribution in [0.1, 0.15) is 52.4 Å². The van der Waals surface area contributed by atoms with Crippen LogP contribution >= 0.6 is 0 Å². The first-order valence-corrected chi connectivity index (χ1v) is 8.44. The van der Waals surface area contributed by atoms with Gasteiger partial charge in [-0.1, -0.05) is 19.1 Å². The summed E-state index contributed by atoms with van der Waals surface area (Å²) in [5, 5.41) is 8.06. The third-order valence-electron chi connectivity index (χ3n) is 4.65. The molecule has 3 aromatic rings. The van der Waals surface area contributed by atoms with E-state index < -0.39 is 0 Å². The van der Waals surface area contributed by atoms with Crippen LogP contribution in [0.3, 0.4) is 0 Å². The second-order valence-corrected chi connectivity index (χ2v) is 6.39. The largest absolute Gasteiger partial charge is 0.342 e. The van der Waals surface area contributed by atoms with E-state index in [1.807, 2.05) is 46.0 Å². The number of nitrogens with zero attached hydrogens (tertiary/aromatic N) is 4.